The molecule has 0 aliphatic rings. The molecule has 158 valence electrons. The molecule has 0 radical (unpaired) electrons. The summed E-state index contributed by atoms with van der Waals surface area (Å²) in [6.45, 7) is 0. The highest BCUT2D eigenvalue weighted by Gasteiger charge is 2.21. The van der Waals surface area contributed by atoms with E-state index in [1.807, 2.05) is 0 Å². The van der Waals surface area contributed by atoms with Crippen molar-refractivity contribution < 1.29 is 32.2 Å². The third kappa shape index (κ3) is 4.54. The van der Waals surface area contributed by atoms with Gasteiger partial charge in [-0.15, -0.1) is 0 Å². The van der Waals surface area contributed by atoms with Crippen LogP contribution in [0.15, 0.2) is 35.2 Å². The Kier molecular flexibility index (Phi) is 6.93. The fraction of sp³-hybridized carbons (Fsp3) is 0.316. The SMILES string of the molecule is COc1ccc(S(=O)(=O)N(C)C)cc1NC(=O)c1cc(OC)c(OC)c(OC)c1. The first-order valence-corrected chi connectivity index (χ1v) is 9.85. The molecule has 0 saturated carbocycles. The molecular weight excluding hydrogens is 400 g/mol. The van der Waals surface area contributed by atoms with E-state index in [-0.39, 0.29) is 16.1 Å². The highest BCUT2D eigenvalue weighted by Crippen LogP contribution is 2.38. The topological polar surface area (TPSA) is 103 Å². The van der Waals surface area contributed by atoms with Crippen LogP contribution in [0.5, 0.6) is 23.0 Å². The number of carbonyl (C=O) groups is 1. The van der Waals surface area contributed by atoms with Crippen LogP contribution < -0.4 is 24.3 Å². The van der Waals surface area contributed by atoms with Gasteiger partial charge >= 0.3 is 0 Å². The highest BCUT2D eigenvalue weighted by atomic mass is 32.2. The summed E-state index contributed by atoms with van der Waals surface area (Å²) in [5.41, 5.74) is 0.427. The maximum atomic E-state index is 12.8. The molecule has 0 saturated heterocycles. The van der Waals surface area contributed by atoms with E-state index in [1.165, 1.54) is 72.9 Å². The molecule has 2 aromatic carbocycles. The van der Waals surface area contributed by atoms with Crippen LogP contribution in [0.1, 0.15) is 10.4 Å². The maximum Gasteiger partial charge on any atom is 0.256 e. The number of carbonyl (C=O) groups excluding carboxylic acids is 1. The maximum absolute atomic E-state index is 12.8. The van der Waals surface area contributed by atoms with Gasteiger partial charge in [0.05, 0.1) is 39.0 Å². The minimum Gasteiger partial charge on any atom is -0.495 e. The normalized spacial score (nSPS) is 11.1. The third-order valence-corrected chi connectivity index (χ3v) is 5.94. The number of benzene rings is 2. The number of nitrogens with one attached hydrogen (secondary N) is 1. The van der Waals surface area contributed by atoms with Crippen molar-refractivity contribution in [1.29, 1.82) is 0 Å². The van der Waals surface area contributed by atoms with Crippen LogP contribution in [-0.4, -0.2) is 61.2 Å². The second-order valence-electron chi connectivity index (χ2n) is 6.02. The van der Waals surface area contributed by atoms with Crippen molar-refractivity contribution in [2.75, 3.05) is 47.9 Å². The van der Waals surface area contributed by atoms with Crippen LogP contribution in [0.2, 0.25) is 0 Å². The molecule has 0 unspecified atom stereocenters. The monoisotopic (exact) mass is 424 g/mol. The molecule has 0 atom stereocenters. The Morgan fingerprint density at radius 3 is 1.86 bits per heavy atom. The lowest BCUT2D eigenvalue weighted by Gasteiger charge is -2.16. The predicted octanol–water partition coefficient (Wildman–Crippen LogP) is 2.22. The molecular formula is C19H24N2O7S. The molecule has 2 rings (SSSR count). The average molecular weight is 424 g/mol. The molecule has 0 bridgehead atoms. The Hall–Kier alpha value is -2.98. The van der Waals surface area contributed by atoms with E-state index in [2.05, 4.69) is 5.32 Å². The number of amides is 1. The van der Waals surface area contributed by atoms with E-state index >= 15 is 0 Å². The van der Waals surface area contributed by atoms with Gasteiger partial charge in [-0.25, -0.2) is 12.7 Å². The fourth-order valence-electron chi connectivity index (χ4n) is 2.56. The number of sulfonamides is 1. The summed E-state index contributed by atoms with van der Waals surface area (Å²) in [5.74, 6) is 0.773. The molecule has 0 aromatic heterocycles. The second-order valence-corrected chi connectivity index (χ2v) is 8.17. The van der Waals surface area contributed by atoms with Crippen molar-refractivity contribution >= 4 is 21.6 Å². The quantitative estimate of drug-likeness (QED) is 0.693. The standard InChI is InChI=1S/C19H24N2O7S/c1-21(2)29(23,24)13-7-8-15(25-3)14(11-13)20-19(22)12-9-16(26-4)18(28-6)17(10-12)27-5/h7-11H,1-6H3,(H,20,22). The zero-order chi connectivity index (χ0) is 21.8. The molecule has 29 heavy (non-hydrogen) atoms. The summed E-state index contributed by atoms with van der Waals surface area (Å²) in [6.07, 6.45) is 0. The molecule has 2 aromatic rings. The summed E-state index contributed by atoms with van der Waals surface area (Å²) in [7, 11) is 4.93. The van der Waals surface area contributed by atoms with Crippen LogP contribution in [0.3, 0.4) is 0 Å². The first-order chi connectivity index (χ1) is 13.7. The van der Waals surface area contributed by atoms with E-state index in [0.29, 0.717) is 23.0 Å². The van der Waals surface area contributed by atoms with Gasteiger partial charge in [-0.05, 0) is 30.3 Å². The van der Waals surface area contributed by atoms with Crippen molar-refractivity contribution in [2.24, 2.45) is 0 Å². The van der Waals surface area contributed by atoms with Crippen LogP contribution in [0, 0.1) is 0 Å². The lowest BCUT2D eigenvalue weighted by molar-refractivity contribution is 0.102. The van der Waals surface area contributed by atoms with Crippen LogP contribution in [0.25, 0.3) is 0 Å². The predicted molar refractivity (Wildman–Crippen MR) is 108 cm³/mol. The zero-order valence-corrected chi connectivity index (χ0v) is 17.9. The first kappa shape index (κ1) is 22.3. The Balaban J connectivity index is 2.47. The summed E-state index contributed by atoms with van der Waals surface area (Å²) in [5, 5.41) is 2.67. The number of anilines is 1. The number of methoxy groups -OCH3 is 4. The van der Waals surface area contributed by atoms with Gasteiger partial charge in [0.25, 0.3) is 5.91 Å². The number of hydrogen-bond donors (Lipinski definition) is 1. The Labute approximate surface area is 170 Å². The van der Waals surface area contributed by atoms with Crippen molar-refractivity contribution in [3.63, 3.8) is 0 Å². The molecule has 0 spiro atoms. The molecule has 0 aliphatic carbocycles. The Morgan fingerprint density at radius 1 is 0.862 bits per heavy atom. The number of rotatable bonds is 8. The highest BCUT2D eigenvalue weighted by molar-refractivity contribution is 7.89. The van der Waals surface area contributed by atoms with Gasteiger partial charge in [0.2, 0.25) is 15.8 Å². The van der Waals surface area contributed by atoms with Crippen LogP contribution >= 0.6 is 0 Å². The van der Waals surface area contributed by atoms with Gasteiger partial charge in [-0.2, -0.15) is 0 Å². The Morgan fingerprint density at radius 2 is 1.41 bits per heavy atom. The minimum atomic E-state index is -3.69. The van der Waals surface area contributed by atoms with Crippen molar-refractivity contribution in [3.8, 4) is 23.0 Å². The summed E-state index contributed by atoms with van der Waals surface area (Å²) in [4.78, 5) is 12.9. The molecule has 0 aliphatic heterocycles. The molecule has 0 fully saturated rings. The van der Waals surface area contributed by atoms with E-state index in [9.17, 15) is 13.2 Å². The second kappa shape index (κ2) is 9.01. The lowest BCUT2D eigenvalue weighted by Crippen LogP contribution is -2.22. The van der Waals surface area contributed by atoms with E-state index < -0.39 is 15.9 Å². The van der Waals surface area contributed by atoms with Crippen LogP contribution in [-0.2, 0) is 10.0 Å². The Bertz CT molecular complexity index is 979. The van der Waals surface area contributed by atoms with Gasteiger partial charge in [0.1, 0.15) is 5.75 Å². The first-order valence-electron chi connectivity index (χ1n) is 8.41. The number of nitrogens with zero attached hydrogens (tertiary/aromatic N) is 1. The molecule has 9 nitrogen and oxygen atoms in total. The molecule has 1 amide bonds. The van der Waals surface area contributed by atoms with Gasteiger partial charge < -0.3 is 24.3 Å². The summed E-state index contributed by atoms with van der Waals surface area (Å²) in [6, 6.07) is 7.20. The number of ether oxygens (including phenoxy) is 4. The summed E-state index contributed by atoms with van der Waals surface area (Å²) < 4.78 is 46.9. The zero-order valence-electron chi connectivity index (χ0n) is 17.1. The summed E-state index contributed by atoms with van der Waals surface area (Å²) >= 11 is 0. The van der Waals surface area contributed by atoms with E-state index in [1.54, 1.807) is 0 Å². The lowest BCUT2D eigenvalue weighted by atomic mass is 10.1. The van der Waals surface area contributed by atoms with E-state index in [4.69, 9.17) is 18.9 Å². The van der Waals surface area contributed by atoms with Gasteiger partial charge in [-0.3, -0.25) is 4.79 Å². The van der Waals surface area contributed by atoms with Crippen molar-refractivity contribution in [3.05, 3.63) is 35.9 Å². The molecule has 10 heteroatoms. The van der Waals surface area contributed by atoms with Crippen molar-refractivity contribution in [2.45, 2.75) is 4.90 Å². The van der Waals surface area contributed by atoms with Crippen LogP contribution in [0.4, 0.5) is 5.69 Å². The molecule has 1 N–H and O–H groups in total. The van der Waals surface area contributed by atoms with Gasteiger partial charge in [0.15, 0.2) is 11.5 Å². The molecule has 0 heterocycles. The smallest absolute Gasteiger partial charge is 0.256 e. The van der Waals surface area contributed by atoms with Crippen molar-refractivity contribution in [1.82, 2.24) is 4.31 Å². The largest absolute Gasteiger partial charge is 0.495 e. The van der Waals surface area contributed by atoms with Gasteiger partial charge in [0, 0.05) is 19.7 Å². The van der Waals surface area contributed by atoms with E-state index in [0.717, 1.165) is 4.31 Å². The fourth-order valence-corrected chi connectivity index (χ4v) is 3.49. The number of hydrogen-bond acceptors (Lipinski definition) is 7. The van der Waals surface area contributed by atoms with Gasteiger partial charge in [-0.1, -0.05) is 0 Å². The average Bonchev–Trinajstić information content (AvgIpc) is 2.72. The third-order valence-electron chi connectivity index (χ3n) is 4.12. The minimum absolute atomic E-state index is 0.0171.